The molecular formula is C52H44N4. The zero-order valence-electron chi connectivity index (χ0n) is 31.9. The van der Waals surface area contributed by atoms with Gasteiger partial charge in [0.1, 0.15) is 11.0 Å². The van der Waals surface area contributed by atoms with Crippen molar-refractivity contribution in [3.05, 3.63) is 204 Å². The summed E-state index contributed by atoms with van der Waals surface area (Å²) in [5, 5.41) is 0. The molecule has 3 aliphatic carbocycles. The van der Waals surface area contributed by atoms with Gasteiger partial charge >= 0.3 is 0 Å². The summed E-state index contributed by atoms with van der Waals surface area (Å²) in [5.41, 5.74) is 19.9. The van der Waals surface area contributed by atoms with Crippen molar-refractivity contribution in [2.24, 2.45) is 5.92 Å². The van der Waals surface area contributed by atoms with E-state index in [0.717, 1.165) is 47.8 Å². The maximum atomic E-state index is 4.76. The quantitative estimate of drug-likeness (QED) is 0.154. The lowest BCUT2D eigenvalue weighted by Crippen LogP contribution is -2.29. The molecule has 1 aliphatic heterocycles. The summed E-state index contributed by atoms with van der Waals surface area (Å²) < 4.78 is 2.37. The van der Waals surface area contributed by atoms with E-state index in [9.17, 15) is 0 Å². The Morgan fingerprint density at radius 2 is 1.38 bits per heavy atom. The van der Waals surface area contributed by atoms with Crippen LogP contribution in [0.5, 0.6) is 0 Å². The predicted octanol–water partition coefficient (Wildman–Crippen LogP) is 12.9. The average molecular weight is 725 g/mol. The summed E-state index contributed by atoms with van der Waals surface area (Å²) in [4.78, 5) is 12.1. The molecule has 1 unspecified atom stereocenters. The lowest BCUT2D eigenvalue weighted by molar-refractivity contribution is 0.386. The predicted molar refractivity (Wildman–Crippen MR) is 233 cm³/mol. The van der Waals surface area contributed by atoms with Crippen LogP contribution >= 0.6 is 0 Å². The van der Waals surface area contributed by atoms with Crippen molar-refractivity contribution in [2.75, 3.05) is 0 Å². The number of hydrogen-bond donors (Lipinski definition) is 0. The van der Waals surface area contributed by atoms with E-state index in [4.69, 9.17) is 9.97 Å². The molecule has 2 atom stereocenters. The standard InChI is InChI=1S/C52H44N4/c1-3-4-14-35(2)55-46-28-27-41(40-20-9-19-39(32-40)38-18-8-17-37(31-38)36-15-6-5-7-16-36)34-45(46)50-44(23-11-24-47(50)55)42-21-10-22-43(33-42)56-48-25-12-29-53-51(48)52-49(56)26-13-30-54-52/h3-9,12-20,22,24-34,45-46H,10-11,21,23H2,1-2H3/b4-3-,35-14+/t45?,46-/m0/s1. The fourth-order valence-electron chi connectivity index (χ4n) is 9.34. The molecule has 0 N–H and O–H groups in total. The second-order valence-corrected chi connectivity index (χ2v) is 15.2. The molecule has 0 bridgehead atoms. The zero-order valence-corrected chi connectivity index (χ0v) is 31.9. The van der Waals surface area contributed by atoms with Gasteiger partial charge in [0.2, 0.25) is 0 Å². The van der Waals surface area contributed by atoms with Gasteiger partial charge in [-0.15, -0.1) is 0 Å². The Labute approximate surface area is 329 Å². The van der Waals surface area contributed by atoms with Crippen LogP contribution in [0.2, 0.25) is 0 Å². The van der Waals surface area contributed by atoms with Crippen LogP contribution in [0.4, 0.5) is 0 Å². The van der Waals surface area contributed by atoms with Gasteiger partial charge in [0.25, 0.3) is 0 Å². The van der Waals surface area contributed by atoms with Gasteiger partial charge < -0.3 is 9.47 Å². The second-order valence-electron chi connectivity index (χ2n) is 15.2. The Balaban J connectivity index is 1.07. The van der Waals surface area contributed by atoms with Crippen molar-refractivity contribution in [3.63, 3.8) is 0 Å². The van der Waals surface area contributed by atoms with Crippen LogP contribution in [-0.2, 0) is 0 Å². The van der Waals surface area contributed by atoms with E-state index in [0.29, 0.717) is 0 Å². The summed E-state index contributed by atoms with van der Waals surface area (Å²) in [7, 11) is 0. The van der Waals surface area contributed by atoms with Crippen LogP contribution < -0.4 is 0 Å². The van der Waals surface area contributed by atoms with Crippen LogP contribution in [0.1, 0.15) is 45.1 Å². The van der Waals surface area contributed by atoms with Crippen LogP contribution in [0, 0.1) is 5.92 Å². The third-order valence-electron chi connectivity index (χ3n) is 11.8. The Morgan fingerprint density at radius 3 is 2.11 bits per heavy atom. The van der Waals surface area contributed by atoms with Crippen molar-refractivity contribution in [1.29, 1.82) is 0 Å². The van der Waals surface area contributed by atoms with Crippen LogP contribution in [0.3, 0.4) is 0 Å². The number of rotatable bonds is 7. The molecule has 4 heterocycles. The van der Waals surface area contributed by atoms with Crippen LogP contribution in [0.25, 0.3) is 55.6 Å². The minimum Gasteiger partial charge on any atom is -0.338 e. The highest BCUT2D eigenvalue weighted by Gasteiger charge is 2.43. The molecule has 0 saturated carbocycles. The third-order valence-corrected chi connectivity index (χ3v) is 11.8. The summed E-state index contributed by atoms with van der Waals surface area (Å²) >= 11 is 0. The van der Waals surface area contributed by atoms with Crippen molar-refractivity contribution < 1.29 is 0 Å². The topological polar surface area (TPSA) is 34.0 Å². The van der Waals surface area contributed by atoms with Gasteiger partial charge in [0.15, 0.2) is 0 Å². The first-order chi connectivity index (χ1) is 27.7. The third kappa shape index (κ3) is 5.84. The lowest BCUT2D eigenvalue weighted by atomic mass is 9.78. The van der Waals surface area contributed by atoms with Crippen molar-refractivity contribution >= 4 is 33.3 Å². The highest BCUT2D eigenvalue weighted by molar-refractivity contribution is 6.06. The maximum absolute atomic E-state index is 4.76. The van der Waals surface area contributed by atoms with Crippen molar-refractivity contribution in [3.8, 4) is 22.3 Å². The Morgan fingerprint density at radius 1 is 0.714 bits per heavy atom. The molecule has 0 amide bonds. The summed E-state index contributed by atoms with van der Waals surface area (Å²) in [6.07, 6.45) is 29.1. The molecule has 4 heteroatoms. The highest BCUT2D eigenvalue weighted by Crippen LogP contribution is 2.51. The number of allylic oxidation sites excluding steroid dienone is 13. The normalized spacial score (nSPS) is 19.6. The molecule has 272 valence electrons. The summed E-state index contributed by atoms with van der Waals surface area (Å²) in [6.45, 7) is 4.35. The van der Waals surface area contributed by atoms with Crippen LogP contribution in [-0.4, -0.2) is 25.5 Å². The molecule has 1 fully saturated rings. The van der Waals surface area contributed by atoms with E-state index >= 15 is 0 Å². The zero-order chi connectivity index (χ0) is 37.6. The van der Waals surface area contributed by atoms with E-state index in [1.807, 2.05) is 24.5 Å². The van der Waals surface area contributed by atoms with Gasteiger partial charge in [-0.05, 0) is 138 Å². The Bertz CT molecular complexity index is 2730. The Hall–Kier alpha value is -6.52. The molecule has 10 rings (SSSR count). The number of benzene rings is 3. The lowest BCUT2D eigenvalue weighted by Gasteiger charge is -2.30. The largest absolute Gasteiger partial charge is 0.338 e. The number of pyridine rings is 2. The minimum atomic E-state index is 0.217. The first-order valence-corrected chi connectivity index (χ1v) is 20.0. The average Bonchev–Trinajstić information content (AvgIpc) is 3.79. The van der Waals surface area contributed by atoms with Gasteiger partial charge in [-0.3, -0.25) is 9.97 Å². The summed E-state index contributed by atoms with van der Waals surface area (Å²) in [5.74, 6) is 0.229. The van der Waals surface area contributed by atoms with Gasteiger partial charge in [0.05, 0.1) is 17.1 Å². The van der Waals surface area contributed by atoms with Crippen molar-refractivity contribution in [2.45, 2.75) is 45.6 Å². The molecule has 0 radical (unpaired) electrons. The fourth-order valence-corrected chi connectivity index (χ4v) is 9.34. The highest BCUT2D eigenvalue weighted by atomic mass is 15.2. The van der Waals surface area contributed by atoms with E-state index in [2.05, 4.69) is 169 Å². The number of likely N-dealkylation sites (tertiary alicyclic amines) is 1. The smallest absolute Gasteiger partial charge is 0.115 e. The SMILES string of the molecule is C/C=C\C=C(/C)N1C2=CCCC(C3=CC(n4c5cccnc5c5ncccc54)=CCC3)=C2C2C=C(c3cccc(-c4cccc(-c5ccccc5)c4)c3)C=C[C@@H]21. The van der Waals surface area contributed by atoms with E-state index in [-0.39, 0.29) is 12.0 Å². The fraction of sp³-hybridized carbons (Fsp3) is 0.154. The van der Waals surface area contributed by atoms with Crippen molar-refractivity contribution in [1.82, 2.24) is 19.4 Å². The molecule has 3 aromatic carbocycles. The number of nitrogens with zero attached hydrogens (tertiary/aromatic N) is 4. The number of fused-ring (bicyclic) bond motifs is 6. The molecule has 6 aromatic rings. The van der Waals surface area contributed by atoms with Gasteiger partial charge in [-0.1, -0.05) is 109 Å². The molecule has 56 heavy (non-hydrogen) atoms. The molecule has 1 saturated heterocycles. The molecule has 4 nitrogen and oxygen atoms in total. The number of aromatic nitrogens is 3. The van der Waals surface area contributed by atoms with Gasteiger partial charge in [-0.25, -0.2) is 0 Å². The molecular weight excluding hydrogens is 681 g/mol. The Kier molecular flexibility index (Phi) is 8.67. The van der Waals surface area contributed by atoms with E-state index in [1.54, 1.807) is 0 Å². The maximum Gasteiger partial charge on any atom is 0.115 e. The molecule has 3 aromatic heterocycles. The monoisotopic (exact) mass is 724 g/mol. The minimum absolute atomic E-state index is 0.217. The summed E-state index contributed by atoms with van der Waals surface area (Å²) in [6, 6.07) is 37.3. The van der Waals surface area contributed by atoms with Crippen LogP contribution in [0.15, 0.2) is 198 Å². The first kappa shape index (κ1) is 34.0. The van der Waals surface area contributed by atoms with E-state index in [1.165, 1.54) is 67.2 Å². The van der Waals surface area contributed by atoms with Gasteiger partial charge in [0, 0.05) is 35.4 Å². The molecule has 0 spiro atoms. The first-order valence-electron chi connectivity index (χ1n) is 20.0. The van der Waals surface area contributed by atoms with E-state index < -0.39 is 0 Å². The van der Waals surface area contributed by atoms with Gasteiger partial charge in [-0.2, -0.15) is 0 Å². The second kappa shape index (κ2) is 14.3. The number of hydrogen-bond acceptors (Lipinski definition) is 3. The molecule has 4 aliphatic rings.